The van der Waals surface area contributed by atoms with Crippen LogP contribution in [0.25, 0.3) is 10.1 Å². The second kappa shape index (κ2) is 13.5. The molecule has 4 fully saturated rings. The smallest absolute Gasteiger partial charge is 0.317 e. The zero-order chi connectivity index (χ0) is 30.8. The molecule has 11 nitrogen and oxygen atoms in total. The minimum absolute atomic E-state index is 0.0368. The molecule has 2 N–H and O–H groups in total. The van der Waals surface area contributed by atoms with E-state index in [0.717, 1.165) is 66.7 Å². The summed E-state index contributed by atoms with van der Waals surface area (Å²) in [6, 6.07) is 6.28. The van der Waals surface area contributed by atoms with E-state index >= 15 is 0 Å². The maximum absolute atomic E-state index is 13.5. The Labute approximate surface area is 267 Å². The molecule has 0 spiro atoms. The van der Waals surface area contributed by atoms with E-state index in [2.05, 4.69) is 14.9 Å². The van der Waals surface area contributed by atoms with Crippen molar-refractivity contribution in [3.63, 3.8) is 0 Å². The van der Waals surface area contributed by atoms with E-state index in [0.29, 0.717) is 50.1 Å². The van der Waals surface area contributed by atoms with Crippen LogP contribution in [-0.2, 0) is 19.6 Å². The monoisotopic (exact) mass is 664 g/mol. The number of hydrogen-bond donors (Lipinski definition) is 2. The summed E-state index contributed by atoms with van der Waals surface area (Å²) < 4.78 is 29.9. The van der Waals surface area contributed by atoms with Crippen molar-refractivity contribution in [1.82, 2.24) is 29.6 Å². The largest absolute Gasteiger partial charge is 0.337 e. The number of fused-ring (bicyclic) bond motifs is 1. The van der Waals surface area contributed by atoms with Crippen molar-refractivity contribution in [3.8, 4) is 0 Å². The minimum Gasteiger partial charge on any atom is -0.337 e. The molecule has 3 aliphatic heterocycles. The standard InChI is InChI=1S/C30H41ClN6O5S2/c31-22-9-10-26-21(17-22)18-28(43-26)44(41,42)33-25-8-4-11-36(29(25)39)20-27(38)37-12-3-7-24(37)19-34-13-15-35(16-14-34)30(40)32-23-5-1-2-6-23/h9-10,17-18,23-25,33H,1-8,11-16,19-20H2,(H,32,40)/t24-,25-/m0/s1. The number of carbonyl (C=O) groups is 3. The number of amides is 4. The fourth-order valence-corrected chi connectivity index (χ4v) is 9.75. The minimum atomic E-state index is -3.93. The van der Waals surface area contributed by atoms with Crippen LogP contribution in [0.1, 0.15) is 51.4 Å². The molecule has 0 unspecified atom stereocenters. The van der Waals surface area contributed by atoms with Gasteiger partial charge in [0.15, 0.2) is 0 Å². The van der Waals surface area contributed by atoms with Gasteiger partial charge in [-0.1, -0.05) is 24.4 Å². The molecule has 4 aliphatic rings. The highest BCUT2D eigenvalue weighted by molar-refractivity contribution is 7.91. The molecule has 14 heteroatoms. The van der Waals surface area contributed by atoms with Gasteiger partial charge in [0, 0.05) is 67.6 Å². The van der Waals surface area contributed by atoms with Crippen LogP contribution in [-0.4, -0.2) is 116 Å². The van der Waals surface area contributed by atoms with Crippen LogP contribution in [0.2, 0.25) is 5.02 Å². The van der Waals surface area contributed by atoms with Gasteiger partial charge in [0.1, 0.15) is 10.3 Å². The summed E-state index contributed by atoms with van der Waals surface area (Å²) in [6.45, 7) is 4.67. The first-order valence-corrected chi connectivity index (χ1v) is 18.4. The third-order valence-electron chi connectivity index (χ3n) is 9.38. The lowest BCUT2D eigenvalue weighted by Gasteiger charge is -2.38. The van der Waals surface area contributed by atoms with Crippen LogP contribution in [0.3, 0.4) is 0 Å². The third kappa shape index (κ3) is 7.17. The SMILES string of the molecule is O=C(NC1CCCC1)N1CCN(C[C@@H]2CCCN2C(=O)CN2CCC[C@H](NS(=O)(=O)c3cc4cc(Cl)ccc4s3)C2=O)CC1. The summed E-state index contributed by atoms with van der Waals surface area (Å²) in [7, 11) is -3.93. The number of nitrogens with one attached hydrogen (secondary N) is 2. The van der Waals surface area contributed by atoms with Gasteiger partial charge in [-0.05, 0) is 68.2 Å². The van der Waals surface area contributed by atoms with Crippen LogP contribution in [0.15, 0.2) is 28.5 Å². The first-order valence-electron chi connectivity index (χ1n) is 15.7. The van der Waals surface area contributed by atoms with E-state index < -0.39 is 16.1 Å². The molecule has 6 rings (SSSR count). The van der Waals surface area contributed by atoms with E-state index in [4.69, 9.17) is 11.6 Å². The van der Waals surface area contributed by atoms with E-state index in [9.17, 15) is 22.8 Å². The highest BCUT2D eigenvalue weighted by Gasteiger charge is 2.37. The normalized spacial score (nSPS) is 24.0. The summed E-state index contributed by atoms with van der Waals surface area (Å²) >= 11 is 7.19. The van der Waals surface area contributed by atoms with Gasteiger partial charge in [0.2, 0.25) is 11.8 Å². The number of piperidine rings is 1. The van der Waals surface area contributed by atoms with Crippen molar-refractivity contribution < 1.29 is 22.8 Å². The Morgan fingerprint density at radius 1 is 0.932 bits per heavy atom. The van der Waals surface area contributed by atoms with E-state index in [1.165, 1.54) is 17.7 Å². The molecular weight excluding hydrogens is 624 g/mol. The number of halogens is 1. The summed E-state index contributed by atoms with van der Waals surface area (Å²) in [5.74, 6) is -0.458. The van der Waals surface area contributed by atoms with Crippen molar-refractivity contribution >= 4 is 60.9 Å². The topological polar surface area (TPSA) is 122 Å². The lowest BCUT2D eigenvalue weighted by Crippen LogP contribution is -2.56. The third-order valence-corrected chi connectivity index (χ3v) is 12.7. The molecule has 3 saturated heterocycles. The molecule has 1 aromatic heterocycles. The van der Waals surface area contributed by atoms with Crippen LogP contribution >= 0.6 is 22.9 Å². The molecule has 2 aromatic rings. The zero-order valence-corrected chi connectivity index (χ0v) is 27.3. The van der Waals surface area contributed by atoms with E-state index in [1.54, 1.807) is 24.3 Å². The molecule has 4 heterocycles. The molecule has 2 atom stereocenters. The predicted octanol–water partition coefficient (Wildman–Crippen LogP) is 3.08. The number of urea groups is 1. The first kappa shape index (κ1) is 31.5. The van der Waals surface area contributed by atoms with Gasteiger partial charge in [0.05, 0.1) is 6.54 Å². The Kier molecular flexibility index (Phi) is 9.67. The fraction of sp³-hybridized carbons (Fsp3) is 0.633. The van der Waals surface area contributed by atoms with E-state index in [-0.39, 0.29) is 34.6 Å². The van der Waals surface area contributed by atoms with Crippen molar-refractivity contribution in [2.24, 2.45) is 0 Å². The summed E-state index contributed by atoms with van der Waals surface area (Å²) in [5, 5.41) is 4.43. The average Bonchev–Trinajstić information content (AvgIpc) is 3.77. The quantitative estimate of drug-likeness (QED) is 0.448. The highest BCUT2D eigenvalue weighted by atomic mass is 35.5. The van der Waals surface area contributed by atoms with E-state index in [1.807, 2.05) is 9.80 Å². The van der Waals surface area contributed by atoms with Gasteiger partial charge in [-0.3, -0.25) is 14.5 Å². The Hall–Kier alpha value is -2.45. The number of hydrogen-bond acceptors (Lipinski definition) is 7. The summed E-state index contributed by atoms with van der Waals surface area (Å²) in [6.07, 6.45) is 7.32. The number of benzene rings is 1. The van der Waals surface area contributed by atoms with Gasteiger partial charge in [-0.15, -0.1) is 11.3 Å². The number of sulfonamides is 1. The maximum atomic E-state index is 13.5. The molecule has 1 saturated carbocycles. The molecule has 1 aromatic carbocycles. The zero-order valence-electron chi connectivity index (χ0n) is 24.9. The number of carbonyl (C=O) groups excluding carboxylic acids is 3. The number of thiophene rings is 1. The maximum Gasteiger partial charge on any atom is 0.317 e. The van der Waals surface area contributed by atoms with Crippen LogP contribution in [0, 0.1) is 0 Å². The summed E-state index contributed by atoms with van der Waals surface area (Å²) in [5.41, 5.74) is 0. The van der Waals surface area contributed by atoms with Crippen molar-refractivity contribution in [2.45, 2.75) is 73.7 Å². The van der Waals surface area contributed by atoms with Gasteiger partial charge >= 0.3 is 6.03 Å². The van der Waals surface area contributed by atoms with Gasteiger partial charge < -0.3 is 20.0 Å². The first-order chi connectivity index (χ1) is 21.2. The molecule has 4 amide bonds. The second-order valence-electron chi connectivity index (χ2n) is 12.4. The predicted molar refractivity (Wildman–Crippen MR) is 170 cm³/mol. The lowest BCUT2D eigenvalue weighted by atomic mass is 10.1. The Bertz CT molecular complexity index is 1490. The van der Waals surface area contributed by atoms with Crippen molar-refractivity contribution in [1.29, 1.82) is 0 Å². The lowest BCUT2D eigenvalue weighted by molar-refractivity contribution is -0.143. The van der Waals surface area contributed by atoms with Crippen LogP contribution in [0.4, 0.5) is 4.79 Å². The van der Waals surface area contributed by atoms with Crippen molar-refractivity contribution in [3.05, 3.63) is 29.3 Å². The average molecular weight is 665 g/mol. The Morgan fingerprint density at radius 2 is 1.68 bits per heavy atom. The summed E-state index contributed by atoms with van der Waals surface area (Å²) in [4.78, 5) is 47.1. The van der Waals surface area contributed by atoms with Gasteiger partial charge in [-0.2, -0.15) is 4.72 Å². The number of nitrogens with zero attached hydrogens (tertiary/aromatic N) is 4. The van der Waals surface area contributed by atoms with Crippen LogP contribution in [0.5, 0.6) is 0 Å². The van der Waals surface area contributed by atoms with Gasteiger partial charge in [0.25, 0.3) is 10.0 Å². The number of likely N-dealkylation sites (tertiary alicyclic amines) is 2. The number of rotatable bonds is 8. The molecular formula is C30H41ClN6O5S2. The molecule has 240 valence electrons. The van der Waals surface area contributed by atoms with Crippen molar-refractivity contribution in [2.75, 3.05) is 52.4 Å². The number of piperazine rings is 1. The van der Waals surface area contributed by atoms with Gasteiger partial charge in [-0.25, -0.2) is 13.2 Å². The Morgan fingerprint density at radius 3 is 2.45 bits per heavy atom. The second-order valence-corrected chi connectivity index (χ2v) is 15.9. The highest BCUT2D eigenvalue weighted by Crippen LogP contribution is 2.31. The molecule has 0 radical (unpaired) electrons. The fourth-order valence-electron chi connectivity index (χ4n) is 6.95. The molecule has 44 heavy (non-hydrogen) atoms. The Balaban J connectivity index is 1.00. The molecule has 1 aliphatic carbocycles. The van der Waals surface area contributed by atoms with Crippen LogP contribution < -0.4 is 10.0 Å². The molecule has 0 bridgehead atoms.